The summed E-state index contributed by atoms with van der Waals surface area (Å²) in [6.45, 7) is 1.51. The summed E-state index contributed by atoms with van der Waals surface area (Å²) in [5, 5.41) is 3.73. The normalized spacial score (nSPS) is 12.5. The van der Waals surface area contributed by atoms with Gasteiger partial charge in [0.15, 0.2) is 11.6 Å². The minimum absolute atomic E-state index is 0.172. The molecule has 0 fully saturated rings. The highest BCUT2D eigenvalue weighted by Crippen LogP contribution is 2.35. The zero-order valence-electron chi connectivity index (χ0n) is 11.0. The van der Waals surface area contributed by atoms with Crippen LogP contribution < -0.4 is 5.32 Å². The molecule has 0 heterocycles. The van der Waals surface area contributed by atoms with E-state index in [2.05, 4.69) is 5.32 Å². The topological polar surface area (TPSA) is 12.0 Å². The molecule has 0 radical (unpaired) electrons. The second-order valence-electron chi connectivity index (χ2n) is 4.46. The fourth-order valence-corrected chi connectivity index (χ4v) is 2.74. The number of hydrogen-bond acceptors (Lipinski definition) is 1. The van der Waals surface area contributed by atoms with Gasteiger partial charge in [0, 0.05) is 21.2 Å². The number of aryl methyl sites for hydroxylation is 1. The Kier molecular flexibility index (Phi) is 4.63. The molecule has 5 heteroatoms. The zero-order valence-corrected chi connectivity index (χ0v) is 12.5. The van der Waals surface area contributed by atoms with Crippen LogP contribution in [-0.2, 0) is 0 Å². The van der Waals surface area contributed by atoms with Crippen molar-refractivity contribution in [1.82, 2.24) is 5.32 Å². The van der Waals surface area contributed by atoms with E-state index in [1.165, 1.54) is 19.1 Å². The molecule has 0 aromatic heterocycles. The van der Waals surface area contributed by atoms with E-state index < -0.39 is 17.7 Å². The molecule has 1 atom stereocenters. The molecule has 0 amide bonds. The second kappa shape index (κ2) is 6.08. The molecule has 0 saturated carbocycles. The van der Waals surface area contributed by atoms with Crippen LogP contribution in [0.2, 0.25) is 10.0 Å². The first-order valence-corrected chi connectivity index (χ1v) is 6.78. The van der Waals surface area contributed by atoms with Gasteiger partial charge in [-0.2, -0.15) is 0 Å². The minimum Gasteiger partial charge on any atom is -0.309 e. The highest BCUT2D eigenvalue weighted by Gasteiger charge is 2.23. The van der Waals surface area contributed by atoms with Crippen molar-refractivity contribution in [2.24, 2.45) is 0 Å². The van der Waals surface area contributed by atoms with E-state index in [-0.39, 0.29) is 11.1 Å². The summed E-state index contributed by atoms with van der Waals surface area (Å²) in [5.41, 5.74) is 0.956. The van der Waals surface area contributed by atoms with Crippen LogP contribution in [0.3, 0.4) is 0 Å². The minimum atomic E-state index is -0.889. The molecule has 1 N–H and O–H groups in total. The van der Waals surface area contributed by atoms with Gasteiger partial charge >= 0.3 is 0 Å². The Morgan fingerprint density at radius 2 is 1.60 bits per heavy atom. The smallest absolute Gasteiger partial charge is 0.164 e. The fourth-order valence-electron chi connectivity index (χ4n) is 2.13. The predicted octanol–water partition coefficient (Wildman–Crippen LogP) is 4.89. The van der Waals surface area contributed by atoms with E-state index in [4.69, 9.17) is 23.2 Å². The molecule has 2 aromatic rings. The van der Waals surface area contributed by atoms with Crippen LogP contribution in [0.15, 0.2) is 30.3 Å². The van der Waals surface area contributed by atoms with Crippen molar-refractivity contribution in [3.8, 4) is 0 Å². The van der Waals surface area contributed by atoms with Gasteiger partial charge < -0.3 is 5.32 Å². The van der Waals surface area contributed by atoms with Gasteiger partial charge in [-0.1, -0.05) is 41.4 Å². The van der Waals surface area contributed by atoms with E-state index in [1.807, 2.05) is 0 Å². The summed E-state index contributed by atoms with van der Waals surface area (Å²) >= 11 is 12.3. The van der Waals surface area contributed by atoms with Crippen LogP contribution in [0.25, 0.3) is 0 Å². The number of halogens is 4. The quantitative estimate of drug-likeness (QED) is 0.850. The first kappa shape index (κ1) is 15.2. The van der Waals surface area contributed by atoms with E-state index in [0.717, 1.165) is 0 Å². The van der Waals surface area contributed by atoms with Crippen LogP contribution in [0.1, 0.15) is 22.7 Å². The summed E-state index contributed by atoms with van der Waals surface area (Å²) in [6, 6.07) is 7.47. The van der Waals surface area contributed by atoms with Gasteiger partial charge in [-0.3, -0.25) is 0 Å². The van der Waals surface area contributed by atoms with Crippen molar-refractivity contribution >= 4 is 23.2 Å². The maximum Gasteiger partial charge on any atom is 0.164 e. The third-order valence-electron chi connectivity index (χ3n) is 3.19. The molecular formula is C15H13Cl2F2N. The van der Waals surface area contributed by atoms with Crippen molar-refractivity contribution < 1.29 is 8.78 Å². The Bertz CT molecular complexity index is 624. The van der Waals surface area contributed by atoms with Crippen molar-refractivity contribution in [1.29, 1.82) is 0 Å². The summed E-state index contributed by atoms with van der Waals surface area (Å²) < 4.78 is 27.9. The Hall–Kier alpha value is -1.16. The maximum absolute atomic E-state index is 14.1. The molecule has 0 aliphatic heterocycles. The van der Waals surface area contributed by atoms with Crippen LogP contribution in [0, 0.1) is 18.6 Å². The Morgan fingerprint density at radius 3 is 2.15 bits per heavy atom. The van der Waals surface area contributed by atoms with Crippen LogP contribution in [0.5, 0.6) is 0 Å². The molecule has 0 aliphatic carbocycles. The molecule has 2 aromatic carbocycles. The third kappa shape index (κ3) is 2.66. The van der Waals surface area contributed by atoms with Gasteiger partial charge in [-0.25, -0.2) is 8.78 Å². The van der Waals surface area contributed by atoms with Crippen molar-refractivity contribution in [3.05, 3.63) is 68.7 Å². The SMILES string of the molecule is CNC(c1ccc(C)c(F)c1F)c1c(Cl)cccc1Cl. The van der Waals surface area contributed by atoms with Crippen LogP contribution >= 0.6 is 23.2 Å². The molecular weight excluding hydrogens is 303 g/mol. The molecule has 0 bridgehead atoms. The highest BCUT2D eigenvalue weighted by molar-refractivity contribution is 6.36. The fraction of sp³-hybridized carbons (Fsp3) is 0.200. The van der Waals surface area contributed by atoms with Gasteiger partial charge in [0.25, 0.3) is 0 Å². The summed E-state index contributed by atoms with van der Waals surface area (Å²) in [4.78, 5) is 0. The number of hydrogen-bond donors (Lipinski definition) is 1. The lowest BCUT2D eigenvalue weighted by Crippen LogP contribution is -2.20. The molecule has 2 rings (SSSR count). The van der Waals surface area contributed by atoms with Crippen LogP contribution in [0.4, 0.5) is 8.78 Å². The van der Waals surface area contributed by atoms with E-state index in [0.29, 0.717) is 15.6 Å². The van der Waals surface area contributed by atoms with Crippen LogP contribution in [-0.4, -0.2) is 7.05 Å². The Labute approximate surface area is 126 Å². The standard InChI is InChI=1S/C15H13Cl2F2N/c1-8-6-7-9(14(19)13(8)18)15(20-2)12-10(16)4-3-5-11(12)17/h3-7,15,20H,1-2H3. The van der Waals surface area contributed by atoms with Gasteiger partial charge in [0.2, 0.25) is 0 Å². The average Bonchev–Trinajstić information content (AvgIpc) is 2.42. The molecule has 0 saturated heterocycles. The van der Waals surface area contributed by atoms with Crippen molar-refractivity contribution in [3.63, 3.8) is 0 Å². The lowest BCUT2D eigenvalue weighted by atomic mass is 9.97. The molecule has 106 valence electrons. The molecule has 0 spiro atoms. The molecule has 0 aliphatic rings. The zero-order chi connectivity index (χ0) is 14.9. The summed E-state index contributed by atoms with van der Waals surface area (Å²) in [5.74, 6) is -1.74. The van der Waals surface area contributed by atoms with Gasteiger partial charge in [0.05, 0.1) is 6.04 Å². The Morgan fingerprint density at radius 1 is 1.00 bits per heavy atom. The van der Waals surface area contributed by atoms with E-state index >= 15 is 0 Å². The average molecular weight is 316 g/mol. The molecule has 1 unspecified atom stereocenters. The van der Waals surface area contributed by atoms with Gasteiger partial charge in [-0.05, 0) is 31.7 Å². The number of benzene rings is 2. The first-order valence-electron chi connectivity index (χ1n) is 6.03. The summed E-state index contributed by atoms with van der Waals surface area (Å²) in [7, 11) is 1.64. The lowest BCUT2D eigenvalue weighted by Gasteiger charge is -2.21. The largest absolute Gasteiger partial charge is 0.309 e. The first-order chi connectivity index (χ1) is 9.47. The van der Waals surface area contributed by atoms with Crippen molar-refractivity contribution in [2.45, 2.75) is 13.0 Å². The number of rotatable bonds is 3. The van der Waals surface area contributed by atoms with E-state index in [9.17, 15) is 8.78 Å². The second-order valence-corrected chi connectivity index (χ2v) is 5.27. The van der Waals surface area contributed by atoms with Gasteiger partial charge in [-0.15, -0.1) is 0 Å². The monoisotopic (exact) mass is 315 g/mol. The Balaban J connectivity index is 2.62. The number of nitrogens with one attached hydrogen (secondary N) is 1. The predicted molar refractivity (Wildman–Crippen MR) is 78.5 cm³/mol. The van der Waals surface area contributed by atoms with E-state index in [1.54, 1.807) is 25.2 Å². The highest BCUT2D eigenvalue weighted by atomic mass is 35.5. The molecule has 1 nitrogen and oxygen atoms in total. The van der Waals surface area contributed by atoms with Crippen molar-refractivity contribution in [2.75, 3.05) is 7.05 Å². The summed E-state index contributed by atoms with van der Waals surface area (Å²) in [6.07, 6.45) is 0. The third-order valence-corrected chi connectivity index (χ3v) is 3.85. The van der Waals surface area contributed by atoms with Gasteiger partial charge in [0.1, 0.15) is 0 Å². The maximum atomic E-state index is 14.1. The molecule has 20 heavy (non-hydrogen) atoms. The lowest BCUT2D eigenvalue weighted by molar-refractivity contribution is 0.482.